The Morgan fingerprint density at radius 1 is 0.301 bits per heavy atom. The quantitative estimate of drug-likeness (QED) is 0.135. The van der Waals surface area contributed by atoms with Crippen molar-refractivity contribution in [3.63, 3.8) is 0 Å². The van der Waals surface area contributed by atoms with Gasteiger partial charge in [-0.05, 0) is 230 Å². The van der Waals surface area contributed by atoms with E-state index >= 15 is 0 Å². The largest absolute Gasteiger partial charge is 0.416 e. The van der Waals surface area contributed by atoms with Crippen LogP contribution in [0, 0.1) is 68.9 Å². The fraction of sp³-hybridized carbons (Fsp3) is 0.130. The van der Waals surface area contributed by atoms with Crippen LogP contribution >= 0.6 is 0 Å². The summed E-state index contributed by atoms with van der Waals surface area (Å²) in [6.45, 7) is 27.4. The molecule has 0 radical (unpaired) electrons. The molecule has 83 heavy (non-hydrogen) atoms. The molecule has 0 bridgehead atoms. The number of nitrogens with zero attached hydrogens (tertiary/aromatic N) is 3. The monoisotopic (exact) mass is 1080 g/mol. The van der Waals surface area contributed by atoms with Crippen LogP contribution in [0.15, 0.2) is 200 Å². The lowest BCUT2D eigenvalue weighted by atomic mass is 9.93. The van der Waals surface area contributed by atoms with E-state index in [1.165, 1.54) is 67.8 Å². The van der Waals surface area contributed by atoms with Gasteiger partial charge in [-0.3, -0.25) is 0 Å². The van der Waals surface area contributed by atoms with Crippen molar-refractivity contribution in [2.24, 2.45) is 0 Å². The Balaban J connectivity index is 1.12. The van der Waals surface area contributed by atoms with Crippen LogP contribution in [-0.2, 0) is 6.18 Å². The Kier molecular flexibility index (Phi) is 12.7. The van der Waals surface area contributed by atoms with Gasteiger partial charge in [0.25, 0.3) is 0 Å². The van der Waals surface area contributed by atoms with Gasteiger partial charge in [0.2, 0.25) is 0 Å². The number of aryl methyl sites for hydroxylation is 9. The van der Waals surface area contributed by atoms with Crippen LogP contribution in [0.3, 0.4) is 0 Å². The summed E-state index contributed by atoms with van der Waals surface area (Å²) < 4.78 is 47.5. The first-order valence-electron chi connectivity index (χ1n) is 28.2. The van der Waals surface area contributed by atoms with Crippen molar-refractivity contribution in [3.05, 3.63) is 267 Å². The highest BCUT2D eigenvalue weighted by Crippen LogP contribution is 2.47. The second-order valence-electron chi connectivity index (χ2n) is 22.9. The van der Waals surface area contributed by atoms with Gasteiger partial charge >= 0.3 is 6.18 Å². The third-order valence-corrected chi connectivity index (χ3v) is 17.0. The van der Waals surface area contributed by atoms with E-state index in [2.05, 4.69) is 233 Å². The summed E-state index contributed by atoms with van der Waals surface area (Å²) in [5.74, 6) is 0. The molecule has 0 saturated carbocycles. The summed E-state index contributed by atoms with van der Waals surface area (Å²) in [6, 6.07) is 69.7. The maximum atomic E-state index is 14.3. The molecule has 0 saturated heterocycles. The maximum absolute atomic E-state index is 14.3. The predicted octanol–water partition coefficient (Wildman–Crippen LogP) is 22.2. The lowest BCUT2D eigenvalue weighted by molar-refractivity contribution is -0.137. The molecule has 0 amide bonds. The maximum Gasteiger partial charge on any atom is 0.416 e. The molecule has 6 heteroatoms. The number of hydrogen-bond acceptors (Lipinski definition) is 0. The first-order valence-corrected chi connectivity index (χ1v) is 28.2. The third kappa shape index (κ3) is 9.18. The summed E-state index contributed by atoms with van der Waals surface area (Å²) >= 11 is 0. The van der Waals surface area contributed by atoms with Crippen LogP contribution < -0.4 is 0 Å². The van der Waals surface area contributed by atoms with Crippen molar-refractivity contribution in [1.29, 1.82) is 0 Å². The van der Waals surface area contributed by atoms with Crippen LogP contribution in [0.25, 0.3) is 127 Å². The second-order valence-corrected chi connectivity index (χ2v) is 22.9. The van der Waals surface area contributed by atoms with E-state index in [0.717, 1.165) is 105 Å². The number of hydrogen-bond donors (Lipinski definition) is 0. The fourth-order valence-electron chi connectivity index (χ4n) is 13.1. The van der Waals surface area contributed by atoms with E-state index in [0.29, 0.717) is 16.8 Å². The molecule has 11 aromatic carbocycles. The third-order valence-electron chi connectivity index (χ3n) is 17.0. The van der Waals surface area contributed by atoms with Gasteiger partial charge in [-0.25, -0.2) is 4.85 Å². The number of benzene rings is 11. The summed E-state index contributed by atoms with van der Waals surface area (Å²) in [6.07, 6.45) is -4.49. The molecule has 13 rings (SSSR count). The number of alkyl halides is 3. The molecule has 0 spiro atoms. The Morgan fingerprint density at radius 3 is 0.976 bits per heavy atom. The lowest BCUT2D eigenvalue weighted by Gasteiger charge is -2.21. The lowest BCUT2D eigenvalue weighted by Crippen LogP contribution is -2.05. The van der Waals surface area contributed by atoms with Crippen LogP contribution in [0.4, 0.5) is 18.9 Å². The number of rotatable bonds is 8. The van der Waals surface area contributed by atoms with E-state index in [-0.39, 0.29) is 0 Å². The molecule has 0 aliphatic rings. The van der Waals surface area contributed by atoms with Gasteiger partial charge in [0.15, 0.2) is 5.69 Å². The normalized spacial score (nSPS) is 11.8. The second kappa shape index (κ2) is 20.1. The minimum Gasteiger partial charge on any atom is -0.309 e. The molecule has 0 atom stereocenters. The van der Waals surface area contributed by atoms with Crippen LogP contribution in [0.1, 0.15) is 55.6 Å². The zero-order chi connectivity index (χ0) is 57.7. The highest BCUT2D eigenvalue weighted by molar-refractivity contribution is 6.14. The van der Waals surface area contributed by atoms with E-state index in [1.807, 2.05) is 18.2 Å². The van der Waals surface area contributed by atoms with E-state index in [1.54, 1.807) is 13.0 Å². The van der Waals surface area contributed by atoms with Crippen molar-refractivity contribution in [1.82, 2.24) is 9.13 Å². The van der Waals surface area contributed by atoms with Gasteiger partial charge in [0, 0.05) is 27.1 Å². The van der Waals surface area contributed by atoms with Gasteiger partial charge < -0.3 is 9.13 Å². The molecule has 0 unspecified atom stereocenters. The van der Waals surface area contributed by atoms with Gasteiger partial charge in [-0.15, -0.1) is 0 Å². The predicted molar refractivity (Wildman–Crippen MR) is 342 cm³/mol. The fourth-order valence-corrected chi connectivity index (χ4v) is 13.1. The molecule has 404 valence electrons. The van der Waals surface area contributed by atoms with Gasteiger partial charge in [-0.2, -0.15) is 13.2 Å². The standard InChI is InChI=1S/C77H60F3N3/c1-44-11-22-60(48(5)33-44)53-16-28-71-66(38-53)67-39-54(61-23-12-45(2)34-49(61)6)17-29-72(67)82(71)75-32-21-59(81-10)43-70(75)65-26-15-57(64-27-20-58(37-52(64)9)77(78,79)80)42-76(65)83-73-30-18-55(62-24-13-46(3)35-50(62)7)40-68(73)69-41-56(19-31-74(69)83)63-25-14-47(4)36-51(63)8/h11-43H,1-9H3. The zero-order valence-electron chi connectivity index (χ0n) is 48.0. The Labute approximate surface area is 483 Å². The molecular weight excluding hydrogens is 1020 g/mol. The number of aromatic nitrogens is 2. The summed E-state index contributed by atoms with van der Waals surface area (Å²) in [5, 5.41) is 4.31. The summed E-state index contributed by atoms with van der Waals surface area (Å²) in [7, 11) is 0. The topological polar surface area (TPSA) is 14.2 Å². The van der Waals surface area contributed by atoms with E-state index < -0.39 is 11.7 Å². The Morgan fingerprint density at radius 2 is 0.627 bits per heavy atom. The molecule has 3 nitrogen and oxygen atoms in total. The first kappa shape index (κ1) is 52.7. The first-order chi connectivity index (χ1) is 39.9. The Bertz CT molecular complexity index is 4680. The van der Waals surface area contributed by atoms with Crippen molar-refractivity contribution in [3.8, 4) is 78.1 Å². The molecule has 2 aromatic heterocycles. The highest BCUT2D eigenvalue weighted by Gasteiger charge is 2.31. The number of halogens is 3. The van der Waals surface area contributed by atoms with Crippen molar-refractivity contribution >= 4 is 49.3 Å². The molecule has 0 fully saturated rings. The smallest absolute Gasteiger partial charge is 0.309 e. The van der Waals surface area contributed by atoms with E-state index in [9.17, 15) is 13.2 Å². The highest BCUT2D eigenvalue weighted by atomic mass is 19.4. The van der Waals surface area contributed by atoms with Gasteiger partial charge in [0.1, 0.15) is 0 Å². The van der Waals surface area contributed by atoms with Crippen molar-refractivity contribution in [2.75, 3.05) is 0 Å². The molecule has 13 aromatic rings. The Hall–Kier alpha value is -9.70. The molecule has 2 heterocycles. The van der Waals surface area contributed by atoms with Gasteiger partial charge in [-0.1, -0.05) is 144 Å². The zero-order valence-corrected chi connectivity index (χ0v) is 48.0. The van der Waals surface area contributed by atoms with Gasteiger partial charge in [0.05, 0.1) is 45.6 Å². The molecule has 0 N–H and O–H groups in total. The van der Waals surface area contributed by atoms with Crippen LogP contribution in [-0.4, -0.2) is 9.13 Å². The number of fused-ring (bicyclic) bond motifs is 6. The van der Waals surface area contributed by atoms with Crippen molar-refractivity contribution < 1.29 is 13.2 Å². The SMILES string of the molecule is [C-]#[N+]c1ccc(-n2c3ccc(-c4ccc(C)cc4C)cc3c3cc(-c4ccc(C)cc4C)ccc32)c(-c2ccc(-c3ccc(C(F)(F)F)cc3C)cc2-n2c3ccc(-c4ccc(C)cc4C)cc3c3cc(-c4ccc(C)cc4C)ccc32)c1. The minimum atomic E-state index is -4.49. The minimum absolute atomic E-state index is 0.478. The van der Waals surface area contributed by atoms with Crippen LogP contribution in [0.2, 0.25) is 0 Å². The summed E-state index contributed by atoms with van der Waals surface area (Å²) in [5.41, 5.74) is 27.8. The average molecular weight is 1080 g/mol. The van der Waals surface area contributed by atoms with Crippen molar-refractivity contribution in [2.45, 2.75) is 68.5 Å². The van der Waals surface area contributed by atoms with Crippen LogP contribution in [0.5, 0.6) is 0 Å². The average Bonchev–Trinajstić information content (AvgIpc) is 2.73. The molecular formula is C77H60F3N3. The molecule has 0 aliphatic carbocycles. The van der Waals surface area contributed by atoms with E-state index in [4.69, 9.17) is 6.57 Å². The molecule has 0 aliphatic heterocycles. The summed E-state index contributed by atoms with van der Waals surface area (Å²) in [4.78, 5) is 4.06.